The van der Waals surface area contributed by atoms with Crippen molar-refractivity contribution >= 4 is 23.9 Å². The van der Waals surface area contributed by atoms with Crippen molar-refractivity contribution in [2.75, 3.05) is 0 Å². The largest absolute Gasteiger partial charge is 3.00 e. The van der Waals surface area contributed by atoms with E-state index >= 15 is 0 Å². The van der Waals surface area contributed by atoms with Crippen LogP contribution < -0.4 is 38.0 Å². The van der Waals surface area contributed by atoms with Crippen molar-refractivity contribution in [3.8, 4) is 0 Å². The monoisotopic (exact) mass is 376 g/mol. The van der Waals surface area contributed by atoms with Gasteiger partial charge in [0.1, 0.15) is 0 Å². The molecule has 0 aromatic rings. The minimum Gasteiger partial charge on any atom is -0.550 e. The molecule has 0 rings (SSSR count). The summed E-state index contributed by atoms with van der Waals surface area (Å²) in [5.74, 6) is -6.82. The smallest absolute Gasteiger partial charge is 0.550 e. The zero-order valence-electron chi connectivity index (χ0n) is 12.3. The third-order valence-corrected chi connectivity index (χ3v) is 2.69. The van der Waals surface area contributed by atoms with Gasteiger partial charge in [0.2, 0.25) is 0 Å². The number of hydrogen-bond donors (Lipinski definition) is 3. The van der Waals surface area contributed by atoms with Gasteiger partial charge in [0, 0.05) is 60.6 Å². The van der Waals surface area contributed by atoms with Crippen molar-refractivity contribution in [1.82, 2.24) is 6.15 Å². The maximum Gasteiger partial charge on any atom is 3.00 e. The van der Waals surface area contributed by atoms with E-state index in [1.54, 1.807) is 0 Å². The number of aliphatic carboxylic acids is 4. The van der Waals surface area contributed by atoms with E-state index in [0.717, 1.165) is 0 Å². The van der Waals surface area contributed by atoms with Gasteiger partial charge in [-0.3, -0.25) is 0 Å². The van der Waals surface area contributed by atoms with Crippen molar-refractivity contribution < 1.29 is 56.7 Å². The molecule has 23 heavy (non-hydrogen) atoms. The summed E-state index contributed by atoms with van der Waals surface area (Å²) in [7, 11) is 0. The molecule has 0 amide bonds. The van der Waals surface area contributed by atoms with Gasteiger partial charge in [-0.15, -0.1) is 0 Å². The van der Waals surface area contributed by atoms with Crippen LogP contribution in [0.25, 0.3) is 0 Å². The van der Waals surface area contributed by atoms with Crippen LogP contribution in [0.3, 0.4) is 0 Å². The molecule has 0 saturated heterocycles. The normalized spacial score (nSPS) is 10.9. The van der Waals surface area contributed by atoms with Crippen molar-refractivity contribution in [3.63, 3.8) is 0 Å². The third-order valence-electron chi connectivity index (χ3n) is 2.69. The molecule has 0 unspecified atom stereocenters. The van der Waals surface area contributed by atoms with Gasteiger partial charge in [0.25, 0.3) is 0 Å². The zero-order valence-corrected chi connectivity index (χ0v) is 13.4. The molecule has 0 aromatic carbocycles. The van der Waals surface area contributed by atoms with E-state index in [-0.39, 0.29) is 23.2 Å². The van der Waals surface area contributed by atoms with E-state index in [1.165, 1.54) is 0 Å². The van der Waals surface area contributed by atoms with E-state index in [0.29, 0.717) is 0 Å². The molecule has 1 radical (unpaired) electrons. The summed E-state index contributed by atoms with van der Waals surface area (Å²) in [5, 5.41) is 42.5. The van der Waals surface area contributed by atoms with Gasteiger partial charge in [0.05, 0.1) is 0 Å². The molecular formula is C11H18FeN3O8. The van der Waals surface area contributed by atoms with Gasteiger partial charge in [-0.1, -0.05) is 0 Å². The number of hydrogen-bond acceptors (Lipinski definition) is 10. The molecule has 0 bridgehead atoms. The summed E-state index contributed by atoms with van der Waals surface area (Å²) in [4.78, 5) is 42.5. The minimum absolute atomic E-state index is 0. The molecule has 0 aliphatic heterocycles. The Morgan fingerprint density at radius 2 is 0.826 bits per heavy atom. The number of carbonyl (C=O) groups excluding carboxylic acids is 4. The predicted molar refractivity (Wildman–Crippen MR) is 62.9 cm³/mol. The zero-order chi connectivity index (χ0) is 16.8. The van der Waals surface area contributed by atoms with Crippen molar-refractivity contribution in [3.05, 3.63) is 0 Å². The Hall–Kier alpha value is -1.72. The fourth-order valence-electron chi connectivity index (χ4n) is 2.23. The summed E-state index contributed by atoms with van der Waals surface area (Å²) in [6.07, 6.45) is -4.62. The average Bonchev–Trinajstić information content (AvgIpc) is 2.07. The van der Waals surface area contributed by atoms with Crippen molar-refractivity contribution in [2.24, 2.45) is 11.5 Å². The first-order valence-electron chi connectivity index (χ1n) is 5.75. The van der Waals surface area contributed by atoms with Gasteiger partial charge in [0.15, 0.2) is 0 Å². The second kappa shape index (κ2) is 10.1. The van der Waals surface area contributed by atoms with E-state index in [9.17, 15) is 39.6 Å². The summed E-state index contributed by atoms with van der Waals surface area (Å²) in [5.41, 5.74) is 7.12. The SMILES string of the molecule is NC(CC(=O)[O-])(CC(=O)[O-])CC(N)(CC(=O)[O-])CC(=O)[O-].[Fe+3].[NH4+]. The number of nitrogens with two attached hydrogens (primary N) is 2. The van der Waals surface area contributed by atoms with Crippen LogP contribution in [0.15, 0.2) is 0 Å². The molecule has 11 nitrogen and oxygen atoms in total. The molecule has 12 heteroatoms. The van der Waals surface area contributed by atoms with E-state index < -0.39 is 67.1 Å². The van der Waals surface area contributed by atoms with Gasteiger partial charge in [-0.05, 0) is 6.42 Å². The van der Waals surface area contributed by atoms with E-state index in [4.69, 9.17) is 11.5 Å². The first-order valence-corrected chi connectivity index (χ1v) is 5.75. The molecule has 0 aromatic heterocycles. The van der Waals surface area contributed by atoms with Crippen LogP contribution in [0.1, 0.15) is 32.1 Å². The number of carbonyl (C=O) groups is 4. The van der Waals surface area contributed by atoms with Crippen LogP contribution >= 0.6 is 0 Å². The van der Waals surface area contributed by atoms with Gasteiger partial charge in [-0.25, -0.2) is 0 Å². The number of quaternary nitrogens is 1. The average molecular weight is 376 g/mol. The second-order valence-electron chi connectivity index (χ2n) is 5.10. The maximum absolute atomic E-state index is 10.6. The summed E-state index contributed by atoms with van der Waals surface area (Å²) in [6.45, 7) is 0. The quantitative estimate of drug-likeness (QED) is 0.304. The molecular weight excluding hydrogens is 358 g/mol. The molecule has 0 saturated carbocycles. The van der Waals surface area contributed by atoms with Crippen LogP contribution in [0.4, 0.5) is 0 Å². The van der Waals surface area contributed by atoms with Crippen LogP contribution in [0.2, 0.25) is 0 Å². The second-order valence-corrected chi connectivity index (χ2v) is 5.10. The molecule has 0 aliphatic carbocycles. The number of carboxylic acids is 4. The number of carboxylic acid groups (broad SMARTS) is 4. The summed E-state index contributed by atoms with van der Waals surface area (Å²) in [6, 6.07) is 0. The number of rotatable bonds is 10. The Balaban J connectivity index is -0.00000200. The molecule has 0 atom stereocenters. The Bertz CT molecular complexity index is 385. The van der Waals surface area contributed by atoms with Crippen molar-refractivity contribution in [1.29, 1.82) is 0 Å². The van der Waals surface area contributed by atoms with Crippen LogP contribution in [-0.4, -0.2) is 35.0 Å². The Labute approximate surface area is 142 Å². The minimum atomic E-state index is -2.03. The Kier molecular flexibility index (Phi) is 11.5. The van der Waals surface area contributed by atoms with Gasteiger partial charge < -0.3 is 57.2 Å². The van der Waals surface area contributed by atoms with Crippen LogP contribution in [0, 0.1) is 0 Å². The Morgan fingerprint density at radius 3 is 0.957 bits per heavy atom. The van der Waals surface area contributed by atoms with Crippen LogP contribution in [0.5, 0.6) is 0 Å². The third kappa shape index (κ3) is 11.5. The fourth-order valence-corrected chi connectivity index (χ4v) is 2.23. The molecule has 0 heterocycles. The topological polar surface area (TPSA) is 249 Å². The predicted octanol–water partition coefficient (Wildman–Crippen LogP) is -6.29. The van der Waals surface area contributed by atoms with E-state index in [2.05, 4.69) is 0 Å². The van der Waals surface area contributed by atoms with E-state index in [1.807, 2.05) is 0 Å². The first-order chi connectivity index (χ1) is 9.37. The van der Waals surface area contributed by atoms with Gasteiger partial charge in [-0.2, -0.15) is 0 Å². The van der Waals surface area contributed by atoms with Crippen LogP contribution in [-0.2, 0) is 36.2 Å². The van der Waals surface area contributed by atoms with Crippen molar-refractivity contribution in [2.45, 2.75) is 43.2 Å². The fraction of sp³-hybridized carbons (Fsp3) is 0.636. The molecule has 0 aliphatic rings. The maximum atomic E-state index is 10.6. The van der Waals surface area contributed by atoms with Gasteiger partial charge >= 0.3 is 17.1 Å². The molecule has 8 N–H and O–H groups in total. The summed E-state index contributed by atoms with van der Waals surface area (Å²) < 4.78 is 0. The first kappa shape index (κ1) is 26.2. The molecule has 133 valence electrons. The standard InChI is InChI=1S/C11H18N2O8.Fe.H3N/c12-10(1-6(14)15,2-7(16)17)5-11(13,3-8(18)19)4-9(20)21;;/h1-5,12-13H2,(H,14,15)(H,16,17)(H,18,19)(H,20,21);;1H3/q;+3;/p-3. The molecule has 0 spiro atoms. The summed E-state index contributed by atoms with van der Waals surface area (Å²) >= 11 is 0. The Morgan fingerprint density at radius 1 is 0.652 bits per heavy atom. The molecule has 0 fully saturated rings.